The number of ether oxygens (including phenoxy) is 1. The van der Waals surface area contributed by atoms with Crippen molar-refractivity contribution in [2.24, 2.45) is 7.05 Å². The van der Waals surface area contributed by atoms with Gasteiger partial charge in [-0.2, -0.15) is 5.10 Å². The molecule has 0 aliphatic rings. The van der Waals surface area contributed by atoms with E-state index >= 15 is 0 Å². The van der Waals surface area contributed by atoms with Crippen LogP contribution in [0.1, 0.15) is 23.1 Å². The van der Waals surface area contributed by atoms with Crippen LogP contribution in [0.15, 0.2) is 17.0 Å². The van der Waals surface area contributed by atoms with Gasteiger partial charge in [0.1, 0.15) is 0 Å². The van der Waals surface area contributed by atoms with Gasteiger partial charge in [-0.05, 0) is 13.8 Å². The molecule has 2 aromatic rings. The minimum atomic E-state index is -0.487. The van der Waals surface area contributed by atoms with E-state index in [0.29, 0.717) is 12.4 Å². The van der Waals surface area contributed by atoms with E-state index < -0.39 is 5.97 Å². The van der Waals surface area contributed by atoms with Crippen molar-refractivity contribution in [2.75, 3.05) is 6.61 Å². The van der Waals surface area contributed by atoms with E-state index in [1.165, 1.54) is 6.39 Å². The van der Waals surface area contributed by atoms with Crippen LogP contribution < -0.4 is 0 Å². The van der Waals surface area contributed by atoms with Crippen molar-refractivity contribution in [3.8, 4) is 11.3 Å². The summed E-state index contributed by atoms with van der Waals surface area (Å²) in [4.78, 5) is 15.5. The Kier molecular flexibility index (Phi) is 2.95. The van der Waals surface area contributed by atoms with Crippen molar-refractivity contribution < 1.29 is 13.9 Å². The lowest BCUT2D eigenvalue weighted by molar-refractivity contribution is 0.0520. The van der Waals surface area contributed by atoms with E-state index in [-0.39, 0.29) is 5.69 Å². The highest BCUT2D eigenvalue weighted by Crippen LogP contribution is 2.25. The molecule has 90 valence electrons. The van der Waals surface area contributed by atoms with Crippen LogP contribution in [0.3, 0.4) is 0 Å². The number of rotatable bonds is 3. The zero-order valence-corrected chi connectivity index (χ0v) is 9.93. The van der Waals surface area contributed by atoms with Crippen LogP contribution in [0.5, 0.6) is 0 Å². The number of esters is 1. The third-order valence-electron chi connectivity index (χ3n) is 2.29. The highest BCUT2D eigenvalue weighted by Gasteiger charge is 2.21. The van der Waals surface area contributed by atoms with E-state index in [2.05, 4.69) is 10.1 Å². The molecule has 2 heterocycles. The smallest absolute Gasteiger partial charge is 0.360 e. The molecule has 0 aromatic carbocycles. The predicted molar refractivity (Wildman–Crippen MR) is 59.4 cm³/mol. The molecule has 0 N–H and O–H groups in total. The Morgan fingerprint density at radius 1 is 1.59 bits per heavy atom. The molecule has 0 atom stereocenters. The molecule has 0 fully saturated rings. The molecule has 6 nitrogen and oxygen atoms in total. The average Bonchev–Trinajstić information content (AvgIpc) is 2.84. The minimum Gasteiger partial charge on any atom is -0.461 e. The third-order valence-corrected chi connectivity index (χ3v) is 2.29. The first-order valence-electron chi connectivity index (χ1n) is 5.24. The first-order chi connectivity index (χ1) is 8.13. The quantitative estimate of drug-likeness (QED) is 0.755. The van der Waals surface area contributed by atoms with Crippen LogP contribution in [-0.2, 0) is 11.8 Å². The third kappa shape index (κ3) is 2.06. The summed E-state index contributed by atoms with van der Waals surface area (Å²) in [6, 6.07) is 0. The maximum Gasteiger partial charge on any atom is 0.360 e. The summed E-state index contributed by atoms with van der Waals surface area (Å²) in [5.74, 6) is -0.0893. The number of aryl methyl sites for hydroxylation is 2. The van der Waals surface area contributed by atoms with Crippen LogP contribution in [0, 0.1) is 6.92 Å². The summed E-state index contributed by atoms with van der Waals surface area (Å²) in [6.45, 7) is 3.89. The van der Waals surface area contributed by atoms with E-state index in [0.717, 1.165) is 11.3 Å². The molecule has 0 spiro atoms. The highest BCUT2D eigenvalue weighted by molar-refractivity contribution is 5.93. The molecule has 2 aromatic heterocycles. The second kappa shape index (κ2) is 4.40. The normalized spacial score (nSPS) is 10.5. The van der Waals surface area contributed by atoms with Crippen molar-refractivity contribution in [1.29, 1.82) is 0 Å². The van der Waals surface area contributed by atoms with Crippen LogP contribution in [0.2, 0.25) is 0 Å². The summed E-state index contributed by atoms with van der Waals surface area (Å²) < 4.78 is 11.8. The zero-order chi connectivity index (χ0) is 12.4. The fourth-order valence-electron chi connectivity index (χ4n) is 1.60. The lowest BCUT2D eigenvalue weighted by atomic mass is 10.2. The molecule has 0 radical (unpaired) electrons. The molecular formula is C11H13N3O3. The predicted octanol–water partition coefficient (Wildman–Crippen LogP) is 1.56. The molecule has 0 amide bonds. The molecule has 2 rings (SSSR count). The average molecular weight is 235 g/mol. The van der Waals surface area contributed by atoms with Gasteiger partial charge in [0.05, 0.1) is 17.9 Å². The van der Waals surface area contributed by atoms with Gasteiger partial charge in [0.25, 0.3) is 0 Å². The molecule has 6 heteroatoms. The van der Waals surface area contributed by atoms with Gasteiger partial charge in [-0.1, -0.05) is 0 Å². The SMILES string of the molecule is CCOC(=O)c1ncoc1-c1cn(C)nc1C. The zero-order valence-electron chi connectivity index (χ0n) is 9.93. The largest absolute Gasteiger partial charge is 0.461 e. The maximum atomic E-state index is 11.6. The van der Waals surface area contributed by atoms with E-state index in [9.17, 15) is 4.79 Å². The second-order valence-corrected chi connectivity index (χ2v) is 3.55. The number of nitrogens with zero attached hydrogens (tertiary/aromatic N) is 3. The van der Waals surface area contributed by atoms with Crippen LogP contribution in [0.25, 0.3) is 11.3 Å². The Morgan fingerprint density at radius 2 is 2.35 bits per heavy atom. The Labute approximate surface area is 98.2 Å². The number of carbonyl (C=O) groups excluding carboxylic acids is 1. The van der Waals surface area contributed by atoms with Crippen molar-refractivity contribution in [1.82, 2.24) is 14.8 Å². The number of oxazole rings is 1. The molecule has 0 bridgehead atoms. The monoisotopic (exact) mass is 235 g/mol. The highest BCUT2D eigenvalue weighted by atomic mass is 16.5. The van der Waals surface area contributed by atoms with E-state index in [1.807, 2.05) is 6.92 Å². The Balaban J connectivity index is 2.43. The Bertz CT molecular complexity index is 542. The number of hydrogen-bond acceptors (Lipinski definition) is 5. The molecule has 0 unspecified atom stereocenters. The standard InChI is InChI=1S/C11H13N3O3/c1-4-16-11(15)9-10(17-6-12-9)8-5-14(3)13-7(8)2/h5-6H,4H2,1-3H3. The molecule has 0 aliphatic heterocycles. The number of carbonyl (C=O) groups is 1. The lowest BCUT2D eigenvalue weighted by Gasteiger charge is -1.99. The number of hydrogen-bond donors (Lipinski definition) is 0. The van der Waals surface area contributed by atoms with Crippen LogP contribution in [0.4, 0.5) is 0 Å². The molecule has 0 aliphatic carbocycles. The Hall–Kier alpha value is -2.11. The van der Waals surface area contributed by atoms with Crippen molar-refractivity contribution >= 4 is 5.97 Å². The van der Waals surface area contributed by atoms with E-state index in [4.69, 9.17) is 9.15 Å². The molecule has 17 heavy (non-hydrogen) atoms. The minimum absolute atomic E-state index is 0.183. The molecule has 0 saturated heterocycles. The first-order valence-corrected chi connectivity index (χ1v) is 5.24. The second-order valence-electron chi connectivity index (χ2n) is 3.55. The molecule has 0 saturated carbocycles. The first kappa shape index (κ1) is 11.4. The summed E-state index contributed by atoms with van der Waals surface area (Å²) >= 11 is 0. The van der Waals surface area contributed by atoms with E-state index in [1.54, 1.807) is 24.9 Å². The van der Waals surface area contributed by atoms with Gasteiger partial charge in [-0.15, -0.1) is 0 Å². The molecular weight excluding hydrogens is 222 g/mol. The fraction of sp³-hybridized carbons (Fsp3) is 0.364. The maximum absolute atomic E-state index is 11.6. The summed E-state index contributed by atoms with van der Waals surface area (Å²) in [6.07, 6.45) is 3.01. The van der Waals surface area contributed by atoms with Gasteiger partial charge in [-0.25, -0.2) is 9.78 Å². The summed E-state index contributed by atoms with van der Waals surface area (Å²) in [7, 11) is 1.80. The fourth-order valence-corrected chi connectivity index (χ4v) is 1.60. The van der Waals surface area contributed by atoms with Gasteiger partial charge in [0.2, 0.25) is 0 Å². The van der Waals surface area contributed by atoms with Gasteiger partial charge >= 0.3 is 5.97 Å². The van der Waals surface area contributed by atoms with Crippen molar-refractivity contribution in [2.45, 2.75) is 13.8 Å². The van der Waals surface area contributed by atoms with Gasteiger partial charge in [0.15, 0.2) is 17.8 Å². The summed E-state index contributed by atoms with van der Waals surface area (Å²) in [5, 5.41) is 4.19. The van der Waals surface area contributed by atoms with Crippen molar-refractivity contribution in [3.05, 3.63) is 24.0 Å². The van der Waals surface area contributed by atoms with Gasteiger partial charge in [0, 0.05) is 13.2 Å². The lowest BCUT2D eigenvalue weighted by Crippen LogP contribution is -2.06. The van der Waals surface area contributed by atoms with Crippen LogP contribution >= 0.6 is 0 Å². The summed E-state index contributed by atoms with van der Waals surface area (Å²) in [5.41, 5.74) is 1.70. The van der Waals surface area contributed by atoms with Gasteiger partial charge < -0.3 is 9.15 Å². The topological polar surface area (TPSA) is 70.2 Å². The van der Waals surface area contributed by atoms with Crippen LogP contribution in [-0.4, -0.2) is 27.3 Å². The van der Waals surface area contributed by atoms with Crippen molar-refractivity contribution in [3.63, 3.8) is 0 Å². The number of aromatic nitrogens is 3. The van der Waals surface area contributed by atoms with Gasteiger partial charge in [-0.3, -0.25) is 4.68 Å². The Morgan fingerprint density at radius 3 is 2.94 bits per heavy atom.